The third-order valence-electron chi connectivity index (χ3n) is 3.63. The number of carbonyl (C=O) groups excluding carboxylic acids is 1. The predicted molar refractivity (Wildman–Crippen MR) is 93.8 cm³/mol. The number of rotatable bonds is 4. The SMILES string of the molecule is N#Cc1ccc(CNC(=O)/C=C/c2cccc3cccnc23)cc1. The van der Waals surface area contributed by atoms with Crippen molar-refractivity contribution in [3.05, 3.63) is 83.6 Å². The third kappa shape index (κ3) is 3.65. The lowest BCUT2D eigenvalue weighted by Gasteiger charge is -2.03. The minimum Gasteiger partial charge on any atom is -0.348 e. The minimum absolute atomic E-state index is 0.174. The molecule has 3 rings (SSSR count). The molecule has 1 N–H and O–H groups in total. The second-order valence-corrected chi connectivity index (χ2v) is 5.28. The zero-order valence-corrected chi connectivity index (χ0v) is 12.9. The van der Waals surface area contributed by atoms with Crippen LogP contribution in [0, 0.1) is 11.3 Å². The Kier molecular flexibility index (Phi) is 4.64. The average molecular weight is 313 g/mol. The summed E-state index contributed by atoms with van der Waals surface area (Å²) in [7, 11) is 0. The van der Waals surface area contributed by atoms with Gasteiger partial charge in [-0.25, -0.2) is 0 Å². The van der Waals surface area contributed by atoms with Gasteiger partial charge in [-0.05, 0) is 29.8 Å². The lowest BCUT2D eigenvalue weighted by molar-refractivity contribution is -0.116. The van der Waals surface area contributed by atoms with Crippen molar-refractivity contribution in [1.29, 1.82) is 5.26 Å². The second-order valence-electron chi connectivity index (χ2n) is 5.28. The van der Waals surface area contributed by atoms with Crippen molar-refractivity contribution >= 4 is 22.9 Å². The van der Waals surface area contributed by atoms with E-state index < -0.39 is 0 Å². The van der Waals surface area contributed by atoms with Gasteiger partial charge in [-0.3, -0.25) is 9.78 Å². The molecule has 0 spiro atoms. The van der Waals surface area contributed by atoms with Crippen LogP contribution >= 0.6 is 0 Å². The summed E-state index contributed by atoms with van der Waals surface area (Å²) in [6.07, 6.45) is 5.02. The van der Waals surface area contributed by atoms with Gasteiger partial charge in [0.1, 0.15) is 0 Å². The Hall–Kier alpha value is -3.45. The first kappa shape index (κ1) is 15.4. The average Bonchev–Trinajstić information content (AvgIpc) is 2.65. The maximum absolute atomic E-state index is 12.0. The van der Waals surface area contributed by atoms with Crippen molar-refractivity contribution in [2.75, 3.05) is 0 Å². The first-order valence-electron chi connectivity index (χ1n) is 7.55. The zero-order chi connectivity index (χ0) is 16.8. The molecule has 0 bridgehead atoms. The van der Waals surface area contributed by atoms with Crippen LogP contribution in [-0.2, 0) is 11.3 Å². The Morgan fingerprint density at radius 3 is 2.71 bits per heavy atom. The number of fused-ring (bicyclic) bond motifs is 1. The molecule has 1 aromatic heterocycles. The largest absolute Gasteiger partial charge is 0.348 e. The molecule has 4 nitrogen and oxygen atoms in total. The molecule has 0 saturated carbocycles. The van der Waals surface area contributed by atoms with Crippen molar-refractivity contribution < 1.29 is 4.79 Å². The lowest BCUT2D eigenvalue weighted by Crippen LogP contribution is -2.20. The van der Waals surface area contributed by atoms with Crippen molar-refractivity contribution in [1.82, 2.24) is 10.3 Å². The summed E-state index contributed by atoms with van der Waals surface area (Å²) in [4.78, 5) is 16.3. The van der Waals surface area contributed by atoms with E-state index in [0.717, 1.165) is 22.0 Å². The maximum Gasteiger partial charge on any atom is 0.244 e. The Labute approximate surface area is 140 Å². The van der Waals surface area contributed by atoms with Gasteiger partial charge in [0.15, 0.2) is 0 Å². The summed E-state index contributed by atoms with van der Waals surface area (Å²) in [5, 5.41) is 12.6. The van der Waals surface area contributed by atoms with E-state index >= 15 is 0 Å². The van der Waals surface area contributed by atoms with Crippen molar-refractivity contribution in [3.63, 3.8) is 0 Å². The molecule has 0 fully saturated rings. The molecule has 4 heteroatoms. The highest BCUT2D eigenvalue weighted by atomic mass is 16.1. The molecule has 1 heterocycles. The van der Waals surface area contributed by atoms with Crippen molar-refractivity contribution in [3.8, 4) is 6.07 Å². The molecule has 2 aromatic carbocycles. The number of nitrogens with zero attached hydrogens (tertiary/aromatic N) is 2. The fourth-order valence-corrected chi connectivity index (χ4v) is 2.37. The molecule has 0 aliphatic rings. The molecule has 24 heavy (non-hydrogen) atoms. The highest BCUT2D eigenvalue weighted by Gasteiger charge is 2.00. The van der Waals surface area contributed by atoms with Crippen LogP contribution in [0.5, 0.6) is 0 Å². The number of pyridine rings is 1. The van der Waals surface area contributed by atoms with Gasteiger partial charge in [-0.2, -0.15) is 5.26 Å². The molecular weight excluding hydrogens is 298 g/mol. The molecule has 0 atom stereocenters. The molecule has 0 aliphatic carbocycles. The highest BCUT2D eigenvalue weighted by Crippen LogP contribution is 2.16. The fourth-order valence-electron chi connectivity index (χ4n) is 2.37. The van der Waals surface area contributed by atoms with E-state index in [9.17, 15) is 4.79 Å². The number of para-hydroxylation sites is 1. The molecule has 0 aliphatic heterocycles. The van der Waals surface area contributed by atoms with E-state index in [-0.39, 0.29) is 5.91 Å². The van der Waals surface area contributed by atoms with Crippen LogP contribution in [0.15, 0.2) is 66.9 Å². The van der Waals surface area contributed by atoms with Crippen LogP contribution in [0.1, 0.15) is 16.7 Å². The van der Waals surface area contributed by atoms with E-state index in [4.69, 9.17) is 5.26 Å². The molecule has 1 amide bonds. The number of benzene rings is 2. The Morgan fingerprint density at radius 2 is 1.92 bits per heavy atom. The van der Waals surface area contributed by atoms with Crippen LogP contribution in [0.25, 0.3) is 17.0 Å². The van der Waals surface area contributed by atoms with Gasteiger partial charge in [0, 0.05) is 29.8 Å². The van der Waals surface area contributed by atoms with E-state index in [2.05, 4.69) is 16.4 Å². The van der Waals surface area contributed by atoms with Gasteiger partial charge in [-0.1, -0.05) is 36.4 Å². The number of nitriles is 1. The molecule has 3 aromatic rings. The smallest absolute Gasteiger partial charge is 0.244 e. The molecule has 116 valence electrons. The standard InChI is InChI=1S/C20H15N3O/c21-13-15-6-8-16(9-7-15)14-23-19(24)11-10-18-4-1-3-17-5-2-12-22-20(17)18/h1-12H,14H2,(H,23,24)/b11-10+. The molecular formula is C20H15N3O. The lowest BCUT2D eigenvalue weighted by atomic mass is 10.1. The summed E-state index contributed by atoms with van der Waals surface area (Å²) in [5.41, 5.74) is 3.33. The topological polar surface area (TPSA) is 65.8 Å². The van der Waals surface area contributed by atoms with Gasteiger partial charge < -0.3 is 5.32 Å². The van der Waals surface area contributed by atoms with Crippen LogP contribution in [0.4, 0.5) is 0 Å². The number of amides is 1. The number of aromatic nitrogens is 1. The monoisotopic (exact) mass is 313 g/mol. The summed E-state index contributed by atoms with van der Waals surface area (Å²) in [5.74, 6) is -0.174. The quantitative estimate of drug-likeness (QED) is 0.750. The number of carbonyl (C=O) groups is 1. The highest BCUT2D eigenvalue weighted by molar-refractivity contribution is 5.95. The Balaban J connectivity index is 1.65. The molecule has 0 radical (unpaired) electrons. The van der Waals surface area contributed by atoms with Gasteiger partial charge in [0.2, 0.25) is 5.91 Å². The third-order valence-corrected chi connectivity index (χ3v) is 3.63. The second kappa shape index (κ2) is 7.21. The van der Waals surface area contributed by atoms with Crippen LogP contribution in [0.2, 0.25) is 0 Å². The summed E-state index contributed by atoms with van der Waals surface area (Å²) in [6, 6.07) is 18.9. The number of hydrogen-bond acceptors (Lipinski definition) is 3. The maximum atomic E-state index is 12.0. The Morgan fingerprint density at radius 1 is 1.12 bits per heavy atom. The van der Waals surface area contributed by atoms with Crippen molar-refractivity contribution in [2.24, 2.45) is 0 Å². The van der Waals surface area contributed by atoms with Crippen molar-refractivity contribution in [2.45, 2.75) is 6.54 Å². The number of nitrogens with one attached hydrogen (secondary N) is 1. The van der Waals surface area contributed by atoms with E-state index in [1.54, 1.807) is 24.4 Å². The van der Waals surface area contributed by atoms with Crippen LogP contribution in [0.3, 0.4) is 0 Å². The van der Waals surface area contributed by atoms with Gasteiger partial charge in [-0.15, -0.1) is 0 Å². The Bertz CT molecular complexity index is 932. The van der Waals surface area contributed by atoms with Gasteiger partial charge in [0.25, 0.3) is 0 Å². The van der Waals surface area contributed by atoms with E-state index in [1.807, 2.05) is 42.5 Å². The van der Waals surface area contributed by atoms with Crippen LogP contribution in [-0.4, -0.2) is 10.9 Å². The van der Waals surface area contributed by atoms with Gasteiger partial charge >= 0.3 is 0 Å². The number of hydrogen-bond donors (Lipinski definition) is 1. The van der Waals surface area contributed by atoms with E-state index in [1.165, 1.54) is 6.08 Å². The van der Waals surface area contributed by atoms with Crippen LogP contribution < -0.4 is 5.32 Å². The van der Waals surface area contributed by atoms with Gasteiger partial charge in [0.05, 0.1) is 17.1 Å². The fraction of sp³-hybridized carbons (Fsp3) is 0.0500. The zero-order valence-electron chi connectivity index (χ0n) is 12.9. The first-order valence-corrected chi connectivity index (χ1v) is 7.55. The summed E-state index contributed by atoms with van der Waals surface area (Å²) >= 11 is 0. The first-order chi connectivity index (χ1) is 11.8. The molecule has 0 saturated heterocycles. The normalized spacial score (nSPS) is 10.6. The summed E-state index contributed by atoms with van der Waals surface area (Å²) < 4.78 is 0. The molecule has 0 unspecified atom stereocenters. The van der Waals surface area contributed by atoms with E-state index in [0.29, 0.717) is 12.1 Å². The minimum atomic E-state index is -0.174. The predicted octanol–water partition coefficient (Wildman–Crippen LogP) is 3.44. The summed E-state index contributed by atoms with van der Waals surface area (Å²) in [6.45, 7) is 0.419.